The molecule has 162 valence electrons. The minimum atomic E-state index is -3.62. The van der Waals surface area contributed by atoms with Crippen molar-refractivity contribution in [2.45, 2.75) is 30.8 Å². The molecule has 3 rings (SSSR count). The summed E-state index contributed by atoms with van der Waals surface area (Å²) in [5.74, 6) is 1.01. The van der Waals surface area contributed by atoms with Crippen LogP contribution in [0.5, 0.6) is 17.2 Å². The van der Waals surface area contributed by atoms with Crippen LogP contribution in [0.15, 0.2) is 47.4 Å². The lowest BCUT2D eigenvalue weighted by molar-refractivity contribution is -0.122. The van der Waals surface area contributed by atoms with Crippen molar-refractivity contribution in [3.8, 4) is 17.2 Å². The Morgan fingerprint density at radius 2 is 1.73 bits per heavy atom. The number of nitrogens with zero attached hydrogens (tertiary/aromatic N) is 1. The molecule has 0 saturated carbocycles. The van der Waals surface area contributed by atoms with Crippen molar-refractivity contribution in [1.82, 2.24) is 4.31 Å². The molecular weight excluding hydrogens is 408 g/mol. The number of amides is 1. The predicted octanol–water partition coefficient (Wildman–Crippen LogP) is 2.89. The molecule has 1 N–H and O–H groups in total. The molecule has 9 heteroatoms. The van der Waals surface area contributed by atoms with Crippen LogP contribution in [0.25, 0.3) is 0 Å². The molecule has 0 unspecified atom stereocenters. The van der Waals surface area contributed by atoms with Gasteiger partial charge in [-0.05, 0) is 50.1 Å². The first-order valence-corrected chi connectivity index (χ1v) is 11.1. The van der Waals surface area contributed by atoms with Gasteiger partial charge in [0, 0.05) is 19.2 Å². The van der Waals surface area contributed by atoms with Gasteiger partial charge in [-0.3, -0.25) is 4.79 Å². The van der Waals surface area contributed by atoms with Gasteiger partial charge < -0.3 is 19.5 Å². The molecule has 0 aliphatic carbocycles. The third kappa shape index (κ3) is 4.85. The van der Waals surface area contributed by atoms with Crippen LogP contribution in [0.4, 0.5) is 5.69 Å². The molecule has 2 aromatic carbocycles. The molecule has 1 atom stereocenters. The highest BCUT2D eigenvalue weighted by Crippen LogP contribution is 2.30. The van der Waals surface area contributed by atoms with Crippen LogP contribution in [0.1, 0.15) is 19.8 Å². The Morgan fingerprint density at radius 1 is 1.03 bits per heavy atom. The smallest absolute Gasteiger partial charge is 0.265 e. The van der Waals surface area contributed by atoms with Gasteiger partial charge in [-0.1, -0.05) is 6.07 Å². The summed E-state index contributed by atoms with van der Waals surface area (Å²) in [7, 11) is -0.617. The molecule has 1 saturated heterocycles. The highest BCUT2D eigenvalue weighted by Gasteiger charge is 2.28. The zero-order chi connectivity index (χ0) is 21.7. The van der Waals surface area contributed by atoms with Crippen molar-refractivity contribution in [3.63, 3.8) is 0 Å². The molecule has 1 aliphatic heterocycles. The van der Waals surface area contributed by atoms with E-state index in [9.17, 15) is 13.2 Å². The molecule has 2 aromatic rings. The van der Waals surface area contributed by atoms with Gasteiger partial charge in [0.1, 0.15) is 17.2 Å². The number of carbonyl (C=O) groups excluding carboxylic acids is 1. The zero-order valence-electron chi connectivity index (χ0n) is 17.3. The van der Waals surface area contributed by atoms with E-state index in [2.05, 4.69) is 5.32 Å². The lowest BCUT2D eigenvalue weighted by Gasteiger charge is -2.19. The number of rotatable bonds is 8. The number of sulfonamides is 1. The Morgan fingerprint density at radius 3 is 2.40 bits per heavy atom. The molecule has 0 aromatic heterocycles. The van der Waals surface area contributed by atoms with E-state index in [1.165, 1.54) is 29.6 Å². The highest BCUT2D eigenvalue weighted by molar-refractivity contribution is 7.89. The maximum absolute atomic E-state index is 12.8. The van der Waals surface area contributed by atoms with Crippen molar-refractivity contribution >= 4 is 21.6 Å². The minimum Gasteiger partial charge on any atom is -0.497 e. The lowest BCUT2D eigenvalue weighted by atomic mass is 10.2. The van der Waals surface area contributed by atoms with E-state index in [-0.39, 0.29) is 10.6 Å². The van der Waals surface area contributed by atoms with Crippen LogP contribution in [0.2, 0.25) is 0 Å². The molecule has 1 fully saturated rings. The summed E-state index contributed by atoms with van der Waals surface area (Å²) in [6.07, 6.45) is 0.858. The number of methoxy groups -OCH3 is 2. The fourth-order valence-corrected chi connectivity index (χ4v) is 4.73. The van der Waals surface area contributed by atoms with Crippen molar-refractivity contribution in [1.29, 1.82) is 0 Å². The molecule has 1 heterocycles. The van der Waals surface area contributed by atoms with Gasteiger partial charge in [-0.25, -0.2) is 8.42 Å². The van der Waals surface area contributed by atoms with Crippen molar-refractivity contribution in [2.75, 3.05) is 32.6 Å². The van der Waals surface area contributed by atoms with E-state index >= 15 is 0 Å². The van der Waals surface area contributed by atoms with E-state index in [1.54, 1.807) is 38.3 Å². The van der Waals surface area contributed by atoms with Crippen molar-refractivity contribution in [3.05, 3.63) is 42.5 Å². The molecule has 30 heavy (non-hydrogen) atoms. The normalized spacial score (nSPS) is 15.4. The second-order valence-electron chi connectivity index (χ2n) is 6.90. The first kappa shape index (κ1) is 21.9. The van der Waals surface area contributed by atoms with Gasteiger partial charge in [0.25, 0.3) is 5.91 Å². The number of anilines is 1. The van der Waals surface area contributed by atoms with Gasteiger partial charge >= 0.3 is 0 Å². The summed E-state index contributed by atoms with van der Waals surface area (Å²) in [6, 6.07) is 11.4. The topological polar surface area (TPSA) is 94.2 Å². The first-order chi connectivity index (χ1) is 14.3. The first-order valence-electron chi connectivity index (χ1n) is 9.65. The zero-order valence-corrected chi connectivity index (χ0v) is 18.1. The molecule has 0 radical (unpaired) electrons. The van der Waals surface area contributed by atoms with E-state index < -0.39 is 22.0 Å². The summed E-state index contributed by atoms with van der Waals surface area (Å²) in [6.45, 7) is 2.61. The number of hydrogen-bond donors (Lipinski definition) is 1. The third-order valence-electron chi connectivity index (χ3n) is 4.85. The summed E-state index contributed by atoms with van der Waals surface area (Å²) < 4.78 is 43.3. The second kappa shape index (κ2) is 9.36. The average Bonchev–Trinajstić information content (AvgIpc) is 3.29. The maximum atomic E-state index is 12.8. The largest absolute Gasteiger partial charge is 0.497 e. The monoisotopic (exact) mass is 434 g/mol. The predicted molar refractivity (Wildman–Crippen MR) is 113 cm³/mol. The van der Waals surface area contributed by atoms with E-state index in [4.69, 9.17) is 14.2 Å². The van der Waals surface area contributed by atoms with Crippen LogP contribution < -0.4 is 19.5 Å². The minimum absolute atomic E-state index is 0.113. The fourth-order valence-electron chi connectivity index (χ4n) is 3.19. The van der Waals surface area contributed by atoms with Crippen LogP contribution in [0.3, 0.4) is 0 Å². The van der Waals surface area contributed by atoms with Gasteiger partial charge in [0.15, 0.2) is 6.10 Å². The van der Waals surface area contributed by atoms with Crippen LogP contribution in [0, 0.1) is 0 Å². The summed E-state index contributed by atoms with van der Waals surface area (Å²) in [4.78, 5) is 12.8. The standard InChI is InChI=1S/C21H26N2O6S/c1-15(29-17-8-6-7-16(13-17)27-2)21(24)22-19-14-18(9-10-20(19)28-3)30(25,26)23-11-4-5-12-23/h6-10,13-15H,4-5,11-12H2,1-3H3,(H,22,24)/t15-/m1/s1. The Hall–Kier alpha value is -2.78. The van der Waals surface area contributed by atoms with Gasteiger partial charge in [0.2, 0.25) is 10.0 Å². The summed E-state index contributed by atoms with van der Waals surface area (Å²) in [5.41, 5.74) is 0.267. The van der Waals surface area contributed by atoms with Crippen LogP contribution >= 0.6 is 0 Å². The van der Waals surface area contributed by atoms with E-state index in [0.29, 0.717) is 30.3 Å². The van der Waals surface area contributed by atoms with Crippen LogP contribution in [-0.2, 0) is 14.8 Å². The molecular formula is C21H26N2O6S. The Labute approximate surface area is 176 Å². The lowest BCUT2D eigenvalue weighted by Crippen LogP contribution is -2.31. The Balaban J connectivity index is 1.77. The van der Waals surface area contributed by atoms with Gasteiger partial charge in [-0.2, -0.15) is 4.31 Å². The number of carbonyl (C=O) groups is 1. The number of nitrogens with one attached hydrogen (secondary N) is 1. The second-order valence-corrected chi connectivity index (χ2v) is 8.84. The fraction of sp³-hybridized carbons (Fsp3) is 0.381. The SMILES string of the molecule is COc1cccc(O[C@H](C)C(=O)Nc2cc(S(=O)(=O)N3CCCC3)ccc2OC)c1. The van der Waals surface area contributed by atoms with Crippen LogP contribution in [-0.4, -0.2) is 52.0 Å². The van der Waals surface area contributed by atoms with Gasteiger partial charge in [-0.15, -0.1) is 0 Å². The Kier molecular flexibility index (Phi) is 6.84. The molecule has 0 bridgehead atoms. The molecule has 1 aliphatic rings. The number of benzene rings is 2. The summed E-state index contributed by atoms with van der Waals surface area (Å²) in [5, 5.41) is 2.71. The number of ether oxygens (including phenoxy) is 3. The third-order valence-corrected chi connectivity index (χ3v) is 6.75. The molecule has 8 nitrogen and oxygen atoms in total. The average molecular weight is 435 g/mol. The number of hydrogen-bond acceptors (Lipinski definition) is 6. The van der Waals surface area contributed by atoms with Crippen molar-refractivity contribution in [2.24, 2.45) is 0 Å². The highest BCUT2D eigenvalue weighted by atomic mass is 32.2. The van der Waals surface area contributed by atoms with E-state index in [0.717, 1.165) is 12.8 Å². The van der Waals surface area contributed by atoms with Crippen molar-refractivity contribution < 1.29 is 27.4 Å². The molecule has 0 spiro atoms. The van der Waals surface area contributed by atoms with Gasteiger partial charge in [0.05, 0.1) is 24.8 Å². The maximum Gasteiger partial charge on any atom is 0.265 e. The van der Waals surface area contributed by atoms with E-state index in [1.807, 2.05) is 0 Å². The summed E-state index contributed by atoms with van der Waals surface area (Å²) >= 11 is 0. The quantitative estimate of drug-likeness (QED) is 0.687. The molecule has 1 amide bonds. The Bertz CT molecular complexity index is 1000.